The first kappa shape index (κ1) is 11.6. The molecule has 1 aromatic rings. The summed E-state index contributed by atoms with van der Waals surface area (Å²) in [5, 5.41) is 35.7. The zero-order chi connectivity index (χ0) is 11.4. The molecule has 15 heavy (non-hydrogen) atoms. The Bertz CT molecular complexity index is 389. The van der Waals surface area contributed by atoms with Gasteiger partial charge in [0.15, 0.2) is 0 Å². The van der Waals surface area contributed by atoms with Crippen LogP contribution in [-0.4, -0.2) is 28.0 Å². The van der Waals surface area contributed by atoms with Crippen molar-refractivity contribution in [2.75, 3.05) is 6.61 Å². The minimum absolute atomic E-state index is 0.176. The number of nitrogens with zero attached hydrogens (tertiary/aromatic N) is 1. The van der Waals surface area contributed by atoms with E-state index in [0.717, 1.165) is 12.1 Å². The molecular weight excluding hydrogens is 201 g/mol. The molecule has 0 heterocycles. The molecule has 2 atom stereocenters. The number of hydrogen-bond donors (Lipinski definition) is 3. The average Bonchev–Trinajstić information content (AvgIpc) is 2.27. The summed E-state index contributed by atoms with van der Waals surface area (Å²) in [6, 6.07) is 5.21. The second-order valence-electron chi connectivity index (χ2n) is 3.04. The predicted molar refractivity (Wildman–Crippen MR) is 49.2 cm³/mol. The van der Waals surface area contributed by atoms with Crippen LogP contribution in [0.2, 0.25) is 0 Å². The monoisotopic (exact) mass is 211 g/mol. The molecule has 0 spiro atoms. The normalized spacial score (nSPS) is 14.3. The fourth-order valence-electron chi connectivity index (χ4n) is 1.15. The number of aliphatic hydroxyl groups excluding tert-OH is 3. The highest BCUT2D eigenvalue weighted by Gasteiger charge is 2.21. The highest BCUT2D eigenvalue weighted by atomic mass is 19.1. The fraction of sp³-hybridized carbons (Fsp3) is 0.300. The molecule has 1 aromatic carbocycles. The molecule has 4 nitrogen and oxygen atoms in total. The largest absolute Gasteiger partial charge is 0.394 e. The van der Waals surface area contributed by atoms with Crippen molar-refractivity contribution in [3.63, 3.8) is 0 Å². The molecular formula is C10H10FNO3. The third kappa shape index (κ3) is 2.50. The highest BCUT2D eigenvalue weighted by molar-refractivity contribution is 5.35. The van der Waals surface area contributed by atoms with Crippen LogP contribution in [0.5, 0.6) is 0 Å². The minimum atomic E-state index is -1.54. The van der Waals surface area contributed by atoms with Crippen LogP contribution in [0, 0.1) is 17.1 Å². The van der Waals surface area contributed by atoms with Crippen LogP contribution in [0.4, 0.5) is 4.39 Å². The molecule has 0 amide bonds. The standard InChI is InChI=1S/C10H10FNO3/c11-8-2-1-6(4-12)3-7(8)10(15)9(14)5-13/h1-3,9-10,13-15H,5H2. The lowest BCUT2D eigenvalue weighted by Crippen LogP contribution is -2.23. The Morgan fingerprint density at radius 1 is 1.40 bits per heavy atom. The second kappa shape index (κ2) is 4.84. The van der Waals surface area contributed by atoms with Crippen molar-refractivity contribution in [3.05, 3.63) is 35.1 Å². The van der Waals surface area contributed by atoms with Gasteiger partial charge in [-0.25, -0.2) is 4.39 Å². The summed E-state index contributed by atoms with van der Waals surface area (Å²) in [5.41, 5.74) is -0.0220. The number of rotatable bonds is 3. The van der Waals surface area contributed by atoms with E-state index in [2.05, 4.69) is 0 Å². The highest BCUT2D eigenvalue weighted by Crippen LogP contribution is 2.21. The Kier molecular flexibility index (Phi) is 3.74. The molecule has 3 N–H and O–H groups in total. The number of aliphatic hydroxyl groups is 3. The second-order valence-corrected chi connectivity index (χ2v) is 3.04. The van der Waals surface area contributed by atoms with Gasteiger partial charge in [-0.2, -0.15) is 5.26 Å². The van der Waals surface area contributed by atoms with Gasteiger partial charge in [-0.3, -0.25) is 0 Å². The van der Waals surface area contributed by atoms with E-state index in [1.165, 1.54) is 6.07 Å². The van der Waals surface area contributed by atoms with Crippen LogP contribution in [0.1, 0.15) is 17.2 Å². The van der Waals surface area contributed by atoms with Crippen LogP contribution in [-0.2, 0) is 0 Å². The van der Waals surface area contributed by atoms with Crippen molar-refractivity contribution in [3.8, 4) is 6.07 Å². The van der Waals surface area contributed by atoms with E-state index in [-0.39, 0.29) is 11.1 Å². The third-order valence-corrected chi connectivity index (χ3v) is 2.00. The zero-order valence-corrected chi connectivity index (χ0v) is 7.76. The molecule has 0 bridgehead atoms. The number of hydrogen-bond acceptors (Lipinski definition) is 4. The van der Waals surface area contributed by atoms with E-state index in [4.69, 9.17) is 15.5 Å². The number of nitriles is 1. The summed E-state index contributed by atoms with van der Waals surface area (Å²) in [6.45, 7) is -0.683. The predicted octanol–water partition coefficient (Wildman–Crippen LogP) is 0.0840. The van der Waals surface area contributed by atoms with Gasteiger partial charge in [-0.1, -0.05) is 0 Å². The maximum absolute atomic E-state index is 13.2. The van der Waals surface area contributed by atoms with Crippen molar-refractivity contribution in [1.82, 2.24) is 0 Å². The summed E-state index contributed by atoms with van der Waals surface area (Å²) in [4.78, 5) is 0. The Hall–Kier alpha value is -1.48. The van der Waals surface area contributed by atoms with E-state index in [1.807, 2.05) is 0 Å². The van der Waals surface area contributed by atoms with E-state index < -0.39 is 24.6 Å². The Balaban J connectivity index is 3.07. The Labute approximate surface area is 85.8 Å². The van der Waals surface area contributed by atoms with Crippen LogP contribution < -0.4 is 0 Å². The summed E-state index contributed by atoms with van der Waals surface area (Å²) in [5.74, 6) is -0.728. The number of halogens is 1. The van der Waals surface area contributed by atoms with Crippen LogP contribution in [0.25, 0.3) is 0 Å². The maximum Gasteiger partial charge on any atom is 0.129 e. The molecule has 0 aromatic heterocycles. The maximum atomic E-state index is 13.2. The first-order valence-electron chi connectivity index (χ1n) is 4.26. The topological polar surface area (TPSA) is 84.5 Å². The van der Waals surface area contributed by atoms with Crippen molar-refractivity contribution in [2.24, 2.45) is 0 Å². The summed E-state index contributed by atoms with van der Waals surface area (Å²) in [7, 11) is 0. The average molecular weight is 211 g/mol. The lowest BCUT2D eigenvalue weighted by atomic mass is 10.0. The SMILES string of the molecule is N#Cc1ccc(F)c(C(O)C(O)CO)c1. The van der Waals surface area contributed by atoms with Crippen molar-refractivity contribution in [1.29, 1.82) is 5.26 Å². The van der Waals surface area contributed by atoms with E-state index in [0.29, 0.717) is 0 Å². The van der Waals surface area contributed by atoms with E-state index >= 15 is 0 Å². The van der Waals surface area contributed by atoms with Gasteiger partial charge in [-0.15, -0.1) is 0 Å². The molecule has 0 saturated carbocycles. The molecule has 5 heteroatoms. The summed E-state index contributed by atoms with van der Waals surface area (Å²) < 4.78 is 13.2. The van der Waals surface area contributed by atoms with Crippen molar-refractivity contribution in [2.45, 2.75) is 12.2 Å². The third-order valence-electron chi connectivity index (χ3n) is 2.00. The minimum Gasteiger partial charge on any atom is -0.394 e. The van der Waals surface area contributed by atoms with E-state index in [9.17, 15) is 9.50 Å². The fourth-order valence-corrected chi connectivity index (χ4v) is 1.15. The van der Waals surface area contributed by atoms with Gasteiger partial charge in [0.1, 0.15) is 18.0 Å². The molecule has 0 saturated heterocycles. The smallest absolute Gasteiger partial charge is 0.129 e. The Morgan fingerprint density at radius 2 is 2.07 bits per heavy atom. The van der Waals surface area contributed by atoms with Gasteiger partial charge in [0.25, 0.3) is 0 Å². The molecule has 80 valence electrons. The summed E-state index contributed by atoms with van der Waals surface area (Å²) >= 11 is 0. The molecule has 2 unspecified atom stereocenters. The Morgan fingerprint density at radius 3 is 2.60 bits per heavy atom. The molecule has 0 aliphatic carbocycles. The first-order valence-corrected chi connectivity index (χ1v) is 4.26. The summed E-state index contributed by atoms with van der Waals surface area (Å²) in [6.07, 6.45) is -3.00. The van der Waals surface area contributed by atoms with Crippen LogP contribution >= 0.6 is 0 Å². The van der Waals surface area contributed by atoms with Gasteiger partial charge in [0, 0.05) is 5.56 Å². The van der Waals surface area contributed by atoms with E-state index in [1.54, 1.807) is 6.07 Å². The molecule has 1 rings (SSSR count). The quantitative estimate of drug-likeness (QED) is 0.661. The zero-order valence-electron chi connectivity index (χ0n) is 7.76. The first-order chi connectivity index (χ1) is 7.10. The van der Waals surface area contributed by atoms with Crippen LogP contribution in [0.3, 0.4) is 0 Å². The van der Waals surface area contributed by atoms with Gasteiger partial charge in [0.05, 0.1) is 18.2 Å². The van der Waals surface area contributed by atoms with Gasteiger partial charge in [0.2, 0.25) is 0 Å². The molecule has 0 fully saturated rings. The van der Waals surface area contributed by atoms with Gasteiger partial charge in [-0.05, 0) is 18.2 Å². The van der Waals surface area contributed by atoms with Crippen LogP contribution in [0.15, 0.2) is 18.2 Å². The lowest BCUT2D eigenvalue weighted by Gasteiger charge is -2.16. The molecule has 0 radical (unpaired) electrons. The number of benzene rings is 1. The van der Waals surface area contributed by atoms with Gasteiger partial charge < -0.3 is 15.3 Å². The molecule has 0 aliphatic heterocycles. The lowest BCUT2D eigenvalue weighted by molar-refractivity contribution is -0.0168. The van der Waals surface area contributed by atoms with Crippen molar-refractivity contribution >= 4 is 0 Å². The van der Waals surface area contributed by atoms with Gasteiger partial charge >= 0.3 is 0 Å². The molecule has 0 aliphatic rings. The van der Waals surface area contributed by atoms with Crippen molar-refractivity contribution < 1.29 is 19.7 Å².